The third kappa shape index (κ3) is 7.36. The number of anilines is 1. The van der Waals surface area contributed by atoms with Crippen molar-refractivity contribution < 1.29 is 27.5 Å². The van der Waals surface area contributed by atoms with E-state index in [2.05, 4.69) is 15.6 Å². The summed E-state index contributed by atoms with van der Waals surface area (Å²) in [4.78, 5) is 42.3. The molecule has 0 aliphatic rings. The number of hydrogen-bond donors (Lipinski definition) is 4. The number of nitrogens with two attached hydrogens (primary N) is 1. The first-order valence-electron chi connectivity index (χ1n) is 14.6. The van der Waals surface area contributed by atoms with Gasteiger partial charge in [-0.15, -0.1) is 0 Å². The van der Waals surface area contributed by atoms with E-state index in [4.69, 9.17) is 15.9 Å². The van der Waals surface area contributed by atoms with Gasteiger partial charge in [0.2, 0.25) is 5.91 Å². The molecule has 5 N–H and O–H groups in total. The molecular formula is C34H32N6O6S. The van der Waals surface area contributed by atoms with Crippen LogP contribution in [-0.2, 0) is 30.9 Å². The lowest BCUT2D eigenvalue weighted by Crippen LogP contribution is -2.42. The fourth-order valence-corrected chi connectivity index (χ4v) is 6.57. The number of amidine groups is 1. The van der Waals surface area contributed by atoms with E-state index < -0.39 is 35.0 Å². The van der Waals surface area contributed by atoms with Crippen LogP contribution in [0.15, 0.2) is 102 Å². The van der Waals surface area contributed by atoms with Crippen LogP contribution in [0.25, 0.3) is 21.7 Å². The Morgan fingerprint density at radius 1 is 0.915 bits per heavy atom. The van der Waals surface area contributed by atoms with Crippen molar-refractivity contribution in [2.24, 2.45) is 5.73 Å². The summed E-state index contributed by atoms with van der Waals surface area (Å²) in [6.07, 6.45) is 1.49. The third-order valence-electron chi connectivity index (χ3n) is 7.30. The fraction of sp³-hybridized carbons (Fsp3) is 0.147. The number of carbonyl (C=O) groups is 3. The minimum Gasteiger partial charge on any atom is -0.465 e. The van der Waals surface area contributed by atoms with E-state index in [1.165, 1.54) is 18.3 Å². The predicted octanol–water partition coefficient (Wildman–Crippen LogP) is 3.48. The molecule has 0 aliphatic carbocycles. The van der Waals surface area contributed by atoms with Gasteiger partial charge in [0.25, 0.3) is 15.9 Å². The van der Waals surface area contributed by atoms with Gasteiger partial charge in [-0.25, -0.2) is 8.42 Å². The Labute approximate surface area is 271 Å². The third-order valence-corrected chi connectivity index (χ3v) is 9.11. The summed E-state index contributed by atoms with van der Waals surface area (Å²) in [7, 11) is -4.37. The van der Waals surface area contributed by atoms with E-state index in [9.17, 15) is 22.8 Å². The highest BCUT2D eigenvalue weighted by Gasteiger charge is 2.30. The number of pyridine rings is 1. The number of para-hydroxylation sites is 1. The summed E-state index contributed by atoms with van der Waals surface area (Å²) in [6.45, 7) is 0.939. The van der Waals surface area contributed by atoms with Crippen LogP contribution in [-0.4, -0.2) is 56.7 Å². The summed E-state index contributed by atoms with van der Waals surface area (Å²) >= 11 is 0. The molecule has 1 heterocycles. The summed E-state index contributed by atoms with van der Waals surface area (Å²) in [6, 6.07) is 25.0. The van der Waals surface area contributed by atoms with Gasteiger partial charge in [-0.3, -0.25) is 29.1 Å². The number of carbonyl (C=O) groups excluding carboxylic acids is 3. The van der Waals surface area contributed by atoms with Crippen molar-refractivity contribution in [2.75, 3.05) is 24.0 Å². The number of benzene rings is 4. The van der Waals surface area contributed by atoms with Crippen LogP contribution in [0.3, 0.4) is 0 Å². The number of aromatic nitrogens is 1. The Morgan fingerprint density at radius 2 is 1.64 bits per heavy atom. The topological polar surface area (TPSA) is 185 Å². The number of nitrogen functional groups attached to an aromatic ring is 1. The van der Waals surface area contributed by atoms with E-state index in [0.717, 1.165) is 9.87 Å². The molecule has 0 bridgehead atoms. The average molecular weight is 653 g/mol. The number of hydrogen-bond acceptors (Lipinski definition) is 8. The van der Waals surface area contributed by atoms with Crippen molar-refractivity contribution in [3.05, 3.63) is 114 Å². The van der Waals surface area contributed by atoms with Crippen LogP contribution in [0, 0.1) is 5.41 Å². The number of nitrogens with one attached hydrogen (secondary N) is 3. The smallest absolute Gasteiger partial charge is 0.325 e. The molecule has 1 aromatic heterocycles. The van der Waals surface area contributed by atoms with Crippen LogP contribution >= 0.6 is 0 Å². The van der Waals surface area contributed by atoms with Crippen LogP contribution in [0.4, 0.5) is 5.69 Å². The highest BCUT2D eigenvalue weighted by Crippen LogP contribution is 2.31. The number of esters is 1. The van der Waals surface area contributed by atoms with E-state index in [-0.39, 0.29) is 41.0 Å². The van der Waals surface area contributed by atoms with Crippen LogP contribution in [0.5, 0.6) is 0 Å². The second-order valence-electron chi connectivity index (χ2n) is 10.4. The van der Waals surface area contributed by atoms with Gasteiger partial charge in [-0.05, 0) is 53.6 Å². The van der Waals surface area contributed by atoms with Gasteiger partial charge in [0.15, 0.2) is 0 Å². The summed E-state index contributed by atoms with van der Waals surface area (Å²) in [5.74, 6) is -1.77. The predicted molar refractivity (Wildman–Crippen MR) is 178 cm³/mol. The van der Waals surface area contributed by atoms with Crippen molar-refractivity contribution in [3.8, 4) is 0 Å². The van der Waals surface area contributed by atoms with Crippen LogP contribution < -0.4 is 20.7 Å². The van der Waals surface area contributed by atoms with Gasteiger partial charge in [0.1, 0.15) is 23.8 Å². The van der Waals surface area contributed by atoms with E-state index in [0.29, 0.717) is 27.3 Å². The zero-order chi connectivity index (χ0) is 33.6. The van der Waals surface area contributed by atoms with E-state index >= 15 is 0 Å². The number of rotatable bonds is 12. The highest BCUT2D eigenvalue weighted by molar-refractivity contribution is 7.93. The Kier molecular flexibility index (Phi) is 9.76. The Bertz CT molecular complexity index is 2100. The Morgan fingerprint density at radius 3 is 2.38 bits per heavy atom. The lowest BCUT2D eigenvalue weighted by molar-refractivity contribution is -0.143. The Balaban J connectivity index is 1.47. The van der Waals surface area contributed by atoms with Crippen molar-refractivity contribution in [1.82, 2.24) is 15.6 Å². The molecule has 2 amide bonds. The number of fused-ring (bicyclic) bond motifs is 2. The number of nitrogens with zero attached hydrogens (tertiary/aromatic N) is 2. The summed E-state index contributed by atoms with van der Waals surface area (Å²) < 4.78 is 34.3. The van der Waals surface area contributed by atoms with Crippen molar-refractivity contribution in [3.63, 3.8) is 0 Å². The van der Waals surface area contributed by atoms with Gasteiger partial charge >= 0.3 is 5.97 Å². The minimum atomic E-state index is -4.37. The molecule has 0 unspecified atom stereocenters. The SMILES string of the molecule is CCOC(=O)CNC(=O)CN(c1ccc2c(C(=O)NCc3ccc(C(=N)N)cc3)cccc2c1)S(=O)(=O)c1cccc2cccnc12. The molecule has 5 aromatic rings. The average Bonchev–Trinajstić information content (AvgIpc) is 3.08. The number of sulfonamides is 1. The second-order valence-corrected chi connectivity index (χ2v) is 12.3. The van der Waals surface area contributed by atoms with Crippen LogP contribution in [0.1, 0.15) is 28.4 Å². The second kappa shape index (κ2) is 14.1. The van der Waals surface area contributed by atoms with Crippen molar-refractivity contribution >= 4 is 61.0 Å². The zero-order valence-electron chi connectivity index (χ0n) is 25.4. The first kappa shape index (κ1) is 32.6. The quantitative estimate of drug-likeness (QED) is 0.0897. The molecule has 4 aromatic carbocycles. The molecule has 0 atom stereocenters. The maximum absolute atomic E-state index is 14.2. The van der Waals surface area contributed by atoms with Gasteiger partial charge in [0, 0.05) is 29.3 Å². The van der Waals surface area contributed by atoms with E-state index in [1.54, 1.807) is 85.8 Å². The first-order chi connectivity index (χ1) is 22.6. The molecule has 0 aliphatic heterocycles. The van der Waals surface area contributed by atoms with Crippen molar-refractivity contribution in [2.45, 2.75) is 18.4 Å². The number of amides is 2. The van der Waals surface area contributed by atoms with E-state index in [1.807, 2.05) is 0 Å². The zero-order valence-corrected chi connectivity index (χ0v) is 26.2. The van der Waals surface area contributed by atoms with Gasteiger partial charge in [-0.2, -0.15) is 0 Å². The minimum absolute atomic E-state index is 0.0480. The monoisotopic (exact) mass is 652 g/mol. The fourth-order valence-electron chi connectivity index (χ4n) is 4.99. The molecule has 47 heavy (non-hydrogen) atoms. The number of ether oxygens (including phenoxy) is 1. The highest BCUT2D eigenvalue weighted by atomic mass is 32.2. The molecule has 0 saturated carbocycles. The molecule has 0 fully saturated rings. The Hall–Kier alpha value is -5.82. The maximum Gasteiger partial charge on any atom is 0.325 e. The van der Waals surface area contributed by atoms with Crippen molar-refractivity contribution in [1.29, 1.82) is 5.41 Å². The molecule has 0 radical (unpaired) electrons. The van der Waals surface area contributed by atoms with Gasteiger partial charge in [-0.1, -0.05) is 60.7 Å². The lowest BCUT2D eigenvalue weighted by Gasteiger charge is -2.25. The molecule has 13 heteroatoms. The van der Waals surface area contributed by atoms with Gasteiger partial charge < -0.3 is 21.1 Å². The lowest BCUT2D eigenvalue weighted by atomic mass is 10.0. The molecule has 240 valence electrons. The normalized spacial score (nSPS) is 11.2. The molecular weight excluding hydrogens is 620 g/mol. The molecule has 5 rings (SSSR count). The van der Waals surface area contributed by atoms with Gasteiger partial charge in [0.05, 0.1) is 17.8 Å². The summed E-state index contributed by atoms with van der Waals surface area (Å²) in [5, 5.41) is 14.6. The van der Waals surface area contributed by atoms with Crippen LogP contribution in [0.2, 0.25) is 0 Å². The summed E-state index contributed by atoms with van der Waals surface area (Å²) in [5.41, 5.74) is 7.68. The standard InChI is InChI=1S/C34H32N6O6S/c1-2-46-31(42)20-38-30(41)21-40(47(44,45)29-10-4-6-23-8-5-17-37-32(23)29)26-15-16-27-25(18-26)7-3-9-28(27)34(43)39-19-22-11-13-24(14-12-22)33(35)36/h3-18H,2,19-21H2,1H3,(H3,35,36)(H,38,41)(H,39,43). The maximum atomic E-state index is 14.2. The molecule has 12 nitrogen and oxygen atoms in total. The largest absolute Gasteiger partial charge is 0.465 e. The molecule has 0 saturated heterocycles. The molecule has 0 spiro atoms. The first-order valence-corrected chi connectivity index (χ1v) is 16.1.